The molecule has 0 bridgehead atoms. The molecule has 2 N–H and O–H groups in total. The molecule has 38 heavy (non-hydrogen) atoms. The molecule has 3 aromatic rings. The molecule has 204 valence electrons. The van der Waals surface area contributed by atoms with Gasteiger partial charge in [-0.15, -0.1) is 0 Å². The van der Waals surface area contributed by atoms with E-state index in [0.717, 1.165) is 75.2 Å². The van der Waals surface area contributed by atoms with E-state index in [4.69, 9.17) is 9.84 Å². The number of methoxy groups -OCH3 is 1. The van der Waals surface area contributed by atoms with Crippen LogP contribution in [-0.2, 0) is 6.18 Å². The Morgan fingerprint density at radius 2 is 1.95 bits per heavy atom. The Balaban J connectivity index is 1.26. The van der Waals surface area contributed by atoms with Gasteiger partial charge in [0.2, 0.25) is 0 Å². The van der Waals surface area contributed by atoms with Gasteiger partial charge in [0.25, 0.3) is 5.91 Å². The van der Waals surface area contributed by atoms with Gasteiger partial charge in [-0.05, 0) is 75.9 Å². The Hall–Kier alpha value is -3.18. The summed E-state index contributed by atoms with van der Waals surface area (Å²) in [5, 5.41) is 11.5. The van der Waals surface area contributed by atoms with Crippen molar-refractivity contribution in [3.63, 3.8) is 0 Å². The highest BCUT2D eigenvalue weighted by Crippen LogP contribution is 2.34. The van der Waals surface area contributed by atoms with Crippen molar-refractivity contribution >= 4 is 22.5 Å². The number of hydrogen-bond donors (Lipinski definition) is 2. The summed E-state index contributed by atoms with van der Waals surface area (Å²) >= 11 is 0. The van der Waals surface area contributed by atoms with Crippen LogP contribution >= 0.6 is 0 Å². The number of fused-ring (bicyclic) bond motifs is 1. The molecule has 0 radical (unpaired) electrons. The predicted octanol–water partition coefficient (Wildman–Crippen LogP) is 4.74. The van der Waals surface area contributed by atoms with Gasteiger partial charge in [-0.25, -0.2) is 0 Å². The Labute approximate surface area is 219 Å². The van der Waals surface area contributed by atoms with Crippen LogP contribution in [0, 0.1) is 5.92 Å². The molecule has 4 heterocycles. The summed E-state index contributed by atoms with van der Waals surface area (Å²) < 4.78 is 47.5. The highest BCUT2D eigenvalue weighted by Gasteiger charge is 2.36. The molecule has 2 fully saturated rings. The summed E-state index contributed by atoms with van der Waals surface area (Å²) in [5.41, 5.74) is -0.824. The number of benzene rings is 1. The summed E-state index contributed by atoms with van der Waals surface area (Å²) in [6, 6.07) is 5.63. The monoisotopic (exact) mass is 530 g/mol. The number of likely N-dealkylation sites (tertiary alicyclic amines) is 1. The largest absolute Gasteiger partial charge is 0.494 e. The number of ether oxygens (including phenoxy) is 1. The van der Waals surface area contributed by atoms with Crippen LogP contribution < -0.4 is 15.4 Å². The molecule has 0 saturated carbocycles. The number of halogens is 3. The zero-order valence-electron chi connectivity index (χ0n) is 21.4. The quantitative estimate of drug-likeness (QED) is 0.459. The highest BCUT2D eigenvalue weighted by molar-refractivity contribution is 6.06. The first-order chi connectivity index (χ1) is 18.3. The lowest BCUT2D eigenvalue weighted by Gasteiger charge is -2.33. The van der Waals surface area contributed by atoms with E-state index in [2.05, 4.69) is 20.5 Å². The van der Waals surface area contributed by atoms with Crippen molar-refractivity contribution in [1.29, 1.82) is 0 Å². The molecule has 1 aromatic carbocycles. The molecule has 5 rings (SSSR count). The van der Waals surface area contributed by atoms with Crippen molar-refractivity contribution in [2.75, 3.05) is 45.2 Å². The molecule has 2 saturated heterocycles. The van der Waals surface area contributed by atoms with Crippen LogP contribution in [-0.4, -0.2) is 65.4 Å². The topological polar surface area (TPSA) is 84.3 Å². The number of pyridine rings is 1. The van der Waals surface area contributed by atoms with E-state index < -0.39 is 23.3 Å². The molecule has 2 aliphatic heterocycles. The first kappa shape index (κ1) is 26.4. The summed E-state index contributed by atoms with van der Waals surface area (Å²) in [4.78, 5) is 19.0. The number of carbonyl (C=O) groups is 1. The third kappa shape index (κ3) is 5.94. The fraction of sp³-hybridized carbons (Fsp3) is 0.519. The number of nitrogens with one attached hydrogen (secondary N) is 2. The molecule has 0 spiro atoms. The van der Waals surface area contributed by atoms with Crippen molar-refractivity contribution in [2.24, 2.45) is 5.92 Å². The van der Waals surface area contributed by atoms with Crippen LogP contribution in [0.4, 0.5) is 18.9 Å². The minimum atomic E-state index is -4.70. The fourth-order valence-electron chi connectivity index (χ4n) is 5.46. The van der Waals surface area contributed by atoms with Crippen LogP contribution in [0.2, 0.25) is 0 Å². The van der Waals surface area contributed by atoms with Crippen molar-refractivity contribution in [1.82, 2.24) is 25.0 Å². The number of amides is 1. The molecular formula is C27H33F3N6O2. The van der Waals surface area contributed by atoms with E-state index in [1.165, 1.54) is 26.4 Å². The van der Waals surface area contributed by atoms with E-state index in [1.54, 1.807) is 12.1 Å². The number of hydrogen-bond acceptors (Lipinski definition) is 6. The van der Waals surface area contributed by atoms with E-state index in [1.807, 2.05) is 10.9 Å². The Kier molecular flexibility index (Phi) is 7.85. The van der Waals surface area contributed by atoms with Crippen LogP contribution in [0.5, 0.6) is 5.75 Å². The number of rotatable bonds is 7. The second-order valence-corrected chi connectivity index (χ2v) is 10.1. The van der Waals surface area contributed by atoms with Gasteiger partial charge in [0.05, 0.1) is 29.9 Å². The van der Waals surface area contributed by atoms with E-state index >= 15 is 0 Å². The molecule has 2 aromatic heterocycles. The second kappa shape index (κ2) is 11.3. The second-order valence-electron chi connectivity index (χ2n) is 10.1. The van der Waals surface area contributed by atoms with Crippen molar-refractivity contribution in [2.45, 2.75) is 44.3 Å². The van der Waals surface area contributed by atoms with Crippen LogP contribution in [0.3, 0.4) is 0 Å². The number of aromatic nitrogens is 3. The maximum absolute atomic E-state index is 13.4. The number of alkyl halides is 3. The number of piperidine rings is 2. The maximum Gasteiger partial charge on any atom is 0.418 e. The van der Waals surface area contributed by atoms with Gasteiger partial charge >= 0.3 is 6.18 Å². The summed E-state index contributed by atoms with van der Waals surface area (Å²) in [5.74, 6) is 0.181. The third-order valence-corrected chi connectivity index (χ3v) is 7.66. The third-order valence-electron chi connectivity index (χ3n) is 7.66. The molecule has 1 amide bonds. The predicted molar refractivity (Wildman–Crippen MR) is 138 cm³/mol. The highest BCUT2D eigenvalue weighted by atomic mass is 19.4. The summed E-state index contributed by atoms with van der Waals surface area (Å²) in [7, 11) is 1.44. The number of nitrogens with zero attached hydrogens (tertiary/aromatic N) is 4. The molecule has 8 nitrogen and oxygen atoms in total. The van der Waals surface area contributed by atoms with Crippen molar-refractivity contribution in [3.05, 3.63) is 47.9 Å². The Morgan fingerprint density at radius 3 is 2.66 bits per heavy atom. The standard InChI is InChI=1S/C27H33F3N6O2/c1-38-24-16-22-19(15-23(24)33-26(37)25-21(27(28,29)30)3-2-9-32-25)17-36(34-22)20-7-13-35(14-8-20)12-6-18-4-10-31-11-5-18/h2-3,9,15-18,20,31H,4-8,10-14H2,1H3,(H,33,37). The molecule has 0 aliphatic carbocycles. The lowest BCUT2D eigenvalue weighted by atomic mass is 9.94. The first-order valence-corrected chi connectivity index (χ1v) is 13.2. The SMILES string of the molecule is COc1cc2nn(C3CCN(CCC4CCNCC4)CC3)cc2cc1NC(=O)c1ncccc1C(F)(F)F. The van der Waals surface area contributed by atoms with Gasteiger partial charge in [0.15, 0.2) is 0 Å². The average Bonchev–Trinajstić information content (AvgIpc) is 3.34. The first-order valence-electron chi connectivity index (χ1n) is 13.2. The molecule has 0 atom stereocenters. The van der Waals surface area contributed by atoms with E-state index in [0.29, 0.717) is 11.3 Å². The van der Waals surface area contributed by atoms with E-state index in [9.17, 15) is 18.0 Å². The Bertz CT molecular complexity index is 1260. The normalized spacial score (nSPS) is 18.1. The minimum absolute atomic E-state index is 0.260. The summed E-state index contributed by atoms with van der Waals surface area (Å²) in [6.07, 6.45) is 4.20. The van der Waals surface area contributed by atoms with Gasteiger partial charge in [-0.3, -0.25) is 14.5 Å². The van der Waals surface area contributed by atoms with Gasteiger partial charge in [-0.1, -0.05) is 0 Å². The molecule has 0 unspecified atom stereocenters. The zero-order valence-corrected chi connectivity index (χ0v) is 21.4. The van der Waals surface area contributed by atoms with Crippen LogP contribution in [0.1, 0.15) is 54.2 Å². The summed E-state index contributed by atoms with van der Waals surface area (Å²) in [6.45, 7) is 5.47. The average molecular weight is 531 g/mol. The van der Waals surface area contributed by atoms with E-state index in [-0.39, 0.29) is 11.7 Å². The molecule has 2 aliphatic rings. The zero-order chi connectivity index (χ0) is 26.7. The number of anilines is 1. The fourth-order valence-corrected chi connectivity index (χ4v) is 5.46. The van der Waals surface area contributed by atoms with Gasteiger partial charge in [0, 0.05) is 36.9 Å². The lowest BCUT2D eigenvalue weighted by Crippen LogP contribution is -2.37. The smallest absolute Gasteiger partial charge is 0.418 e. The Morgan fingerprint density at radius 1 is 1.18 bits per heavy atom. The van der Waals surface area contributed by atoms with Gasteiger partial charge in [0.1, 0.15) is 11.4 Å². The minimum Gasteiger partial charge on any atom is -0.494 e. The van der Waals surface area contributed by atoms with Crippen molar-refractivity contribution < 1.29 is 22.7 Å². The lowest BCUT2D eigenvalue weighted by molar-refractivity contribution is -0.138. The maximum atomic E-state index is 13.4. The van der Waals surface area contributed by atoms with Gasteiger partial charge < -0.3 is 20.3 Å². The van der Waals surface area contributed by atoms with Crippen LogP contribution in [0.25, 0.3) is 10.9 Å². The molecular weight excluding hydrogens is 497 g/mol. The van der Waals surface area contributed by atoms with Crippen molar-refractivity contribution in [3.8, 4) is 5.75 Å². The molecule has 11 heteroatoms. The van der Waals surface area contributed by atoms with Gasteiger partial charge in [-0.2, -0.15) is 18.3 Å². The number of carbonyl (C=O) groups excluding carboxylic acids is 1. The van der Waals surface area contributed by atoms with Crippen LogP contribution in [0.15, 0.2) is 36.7 Å².